The molecule has 3 aliphatic rings. The van der Waals surface area contributed by atoms with Crippen LogP contribution in [0.15, 0.2) is 97.2 Å². The summed E-state index contributed by atoms with van der Waals surface area (Å²) in [6.45, 7) is 3.37. The Hall–Kier alpha value is -4.21. The van der Waals surface area contributed by atoms with E-state index in [-0.39, 0.29) is 25.2 Å². The van der Waals surface area contributed by atoms with Crippen LogP contribution in [0, 0.1) is 5.82 Å². The minimum absolute atomic E-state index is 0. The lowest BCUT2D eigenvalue weighted by Crippen LogP contribution is -2.57. The van der Waals surface area contributed by atoms with Crippen LogP contribution in [-0.4, -0.2) is 62.5 Å². The van der Waals surface area contributed by atoms with E-state index in [0.717, 1.165) is 43.7 Å². The van der Waals surface area contributed by atoms with Gasteiger partial charge in [-0.15, -0.1) is 5.10 Å². The molecule has 0 unspecified atom stereocenters. The summed E-state index contributed by atoms with van der Waals surface area (Å²) in [6, 6.07) is 30.4. The Labute approximate surface area is 269 Å². The zero-order valence-electron chi connectivity index (χ0n) is 25.1. The second-order valence-corrected chi connectivity index (χ2v) is 12.4. The molecular weight excluding hydrogens is 584 g/mol. The molecule has 2 saturated heterocycles. The molecule has 1 amide bonds. The van der Waals surface area contributed by atoms with Crippen molar-refractivity contribution in [2.45, 2.75) is 43.8 Å². The zero-order chi connectivity index (χ0) is 29.7. The van der Waals surface area contributed by atoms with Gasteiger partial charge in [0.2, 0.25) is 5.91 Å². The van der Waals surface area contributed by atoms with Crippen molar-refractivity contribution in [3.05, 3.63) is 125 Å². The largest absolute Gasteiger partial charge is 0.339 e. The van der Waals surface area contributed by atoms with Crippen molar-refractivity contribution in [1.29, 1.82) is 0 Å². The number of rotatable bonds is 7. The van der Waals surface area contributed by atoms with Crippen molar-refractivity contribution in [2.24, 2.45) is 0 Å². The van der Waals surface area contributed by atoms with Crippen LogP contribution in [0.2, 0.25) is 0 Å². The number of hydrogen-bond donors (Lipinski definition) is 0. The Kier molecular flexibility index (Phi) is 7.83. The van der Waals surface area contributed by atoms with E-state index in [0.29, 0.717) is 32.2 Å². The van der Waals surface area contributed by atoms with Gasteiger partial charge in [-0.25, -0.2) is 9.07 Å². The fourth-order valence-electron chi connectivity index (χ4n) is 7.68. The van der Waals surface area contributed by atoms with Gasteiger partial charge in [-0.1, -0.05) is 71.9 Å². The van der Waals surface area contributed by atoms with E-state index in [4.69, 9.17) is 0 Å². The third kappa shape index (κ3) is 5.27. The zero-order valence-corrected chi connectivity index (χ0v) is 26.1. The lowest BCUT2D eigenvalue weighted by Gasteiger charge is -2.45. The molecule has 230 valence electrons. The van der Waals surface area contributed by atoms with Crippen LogP contribution < -0.4 is 4.90 Å². The Morgan fingerprint density at radius 1 is 0.889 bits per heavy atom. The molecule has 0 bridgehead atoms. The number of nitrogens with zero attached hydrogens (tertiary/aromatic N) is 6. The SMILES string of the molecule is O=C1N(CCc2cn(Cc3ccccc3)nn2)CN(c2ccc(F)cc2)C12CCN([C@H]1Cc3cccc4cccc1c34)CC2.S. The van der Waals surface area contributed by atoms with Crippen LogP contribution in [0.5, 0.6) is 0 Å². The maximum Gasteiger partial charge on any atom is 0.250 e. The van der Waals surface area contributed by atoms with E-state index >= 15 is 0 Å². The van der Waals surface area contributed by atoms with E-state index < -0.39 is 5.54 Å². The summed E-state index contributed by atoms with van der Waals surface area (Å²) in [4.78, 5) is 21.1. The number of halogens is 1. The van der Waals surface area contributed by atoms with Gasteiger partial charge in [0.05, 0.1) is 18.9 Å². The second-order valence-electron chi connectivity index (χ2n) is 12.4. The number of carbonyl (C=O) groups is 1. The van der Waals surface area contributed by atoms with Gasteiger partial charge in [-0.3, -0.25) is 9.69 Å². The van der Waals surface area contributed by atoms with E-state index in [2.05, 4.69) is 68.6 Å². The molecule has 2 aliphatic heterocycles. The highest BCUT2D eigenvalue weighted by Crippen LogP contribution is 2.45. The number of anilines is 1. The number of aromatic nitrogens is 3. The summed E-state index contributed by atoms with van der Waals surface area (Å²) in [6.07, 6.45) is 5.08. The average Bonchev–Trinajstić information content (AvgIpc) is 3.74. The Balaban J connectivity index is 0.00000325. The topological polar surface area (TPSA) is 57.5 Å². The first kappa shape index (κ1) is 29.5. The van der Waals surface area contributed by atoms with Gasteiger partial charge in [0, 0.05) is 44.0 Å². The fourth-order valence-corrected chi connectivity index (χ4v) is 7.68. The molecule has 1 aromatic heterocycles. The van der Waals surface area contributed by atoms with Crippen LogP contribution in [-0.2, 0) is 24.2 Å². The second kappa shape index (κ2) is 11.9. The minimum Gasteiger partial charge on any atom is -0.339 e. The van der Waals surface area contributed by atoms with Crippen molar-refractivity contribution in [1.82, 2.24) is 24.8 Å². The maximum atomic E-state index is 14.3. The third-order valence-electron chi connectivity index (χ3n) is 9.93. The standard InChI is InChI=1S/C36H35FN6O.H2S/c37-29-12-14-31(15-13-29)43-25-41(19-16-30-24-42(39-38-30)23-26-6-2-1-3-7-26)35(44)36(43)17-20-40(21-18-36)33-22-28-10-4-8-27-9-5-11-32(33)34(27)28;/h1-15,24,33H,16-23,25H2;1H2/t33-;/m0./s1. The van der Waals surface area contributed by atoms with E-state index in [1.165, 1.54) is 39.6 Å². The van der Waals surface area contributed by atoms with E-state index in [9.17, 15) is 9.18 Å². The summed E-state index contributed by atoms with van der Waals surface area (Å²) in [5, 5.41) is 11.4. The number of hydrogen-bond acceptors (Lipinski definition) is 5. The lowest BCUT2D eigenvalue weighted by atomic mass is 9.84. The van der Waals surface area contributed by atoms with Crippen molar-refractivity contribution >= 4 is 35.9 Å². The van der Waals surface area contributed by atoms with Crippen LogP contribution in [0.4, 0.5) is 10.1 Å². The first-order valence-electron chi connectivity index (χ1n) is 15.6. The van der Waals surface area contributed by atoms with Gasteiger partial charge in [0.25, 0.3) is 0 Å². The quantitative estimate of drug-likeness (QED) is 0.233. The van der Waals surface area contributed by atoms with Crippen LogP contribution >= 0.6 is 13.5 Å². The number of carbonyl (C=O) groups excluding carboxylic acids is 1. The van der Waals surface area contributed by atoms with Crippen LogP contribution in [0.3, 0.4) is 0 Å². The van der Waals surface area contributed by atoms with Gasteiger partial charge in [0.1, 0.15) is 11.4 Å². The maximum absolute atomic E-state index is 14.3. The molecule has 9 heteroatoms. The van der Waals surface area contributed by atoms with Gasteiger partial charge >= 0.3 is 0 Å². The predicted molar refractivity (Wildman–Crippen MR) is 179 cm³/mol. The van der Waals surface area contributed by atoms with Crippen molar-refractivity contribution in [3.63, 3.8) is 0 Å². The summed E-state index contributed by atoms with van der Waals surface area (Å²) in [7, 11) is 0. The van der Waals surface area contributed by atoms with Crippen LogP contribution in [0.1, 0.15) is 41.3 Å². The molecule has 0 radical (unpaired) electrons. The molecule has 3 heterocycles. The fraction of sp³-hybridized carbons (Fsp3) is 0.306. The van der Waals surface area contributed by atoms with Crippen molar-refractivity contribution in [2.75, 3.05) is 31.2 Å². The number of likely N-dealkylation sites (tertiary alicyclic amines) is 1. The highest BCUT2D eigenvalue weighted by atomic mass is 32.1. The first-order chi connectivity index (χ1) is 21.6. The van der Waals surface area contributed by atoms with Crippen molar-refractivity contribution in [3.8, 4) is 0 Å². The minimum atomic E-state index is -0.642. The Morgan fingerprint density at radius 3 is 2.42 bits per heavy atom. The molecule has 8 rings (SSSR count). The molecule has 2 fully saturated rings. The van der Waals surface area contributed by atoms with Gasteiger partial charge in [-0.05, 0) is 71.0 Å². The summed E-state index contributed by atoms with van der Waals surface area (Å²) >= 11 is 0. The number of benzene rings is 4. The molecule has 0 saturated carbocycles. The van der Waals surface area contributed by atoms with E-state index in [1.54, 1.807) is 0 Å². The smallest absolute Gasteiger partial charge is 0.250 e. The highest BCUT2D eigenvalue weighted by molar-refractivity contribution is 7.59. The molecule has 1 aliphatic carbocycles. The number of piperidine rings is 1. The Morgan fingerprint density at radius 2 is 1.64 bits per heavy atom. The van der Waals surface area contributed by atoms with E-state index in [1.807, 2.05) is 46.1 Å². The summed E-state index contributed by atoms with van der Waals surface area (Å²) < 4.78 is 15.8. The highest BCUT2D eigenvalue weighted by Gasteiger charge is 2.54. The van der Waals surface area contributed by atoms with Crippen LogP contribution in [0.25, 0.3) is 10.8 Å². The van der Waals surface area contributed by atoms with Gasteiger partial charge in [-0.2, -0.15) is 13.5 Å². The monoisotopic (exact) mass is 620 g/mol. The van der Waals surface area contributed by atoms with Gasteiger partial charge in [0.15, 0.2) is 0 Å². The third-order valence-corrected chi connectivity index (χ3v) is 9.93. The summed E-state index contributed by atoms with van der Waals surface area (Å²) in [5.41, 5.74) is 5.11. The summed E-state index contributed by atoms with van der Waals surface area (Å²) in [5.74, 6) is -0.108. The average molecular weight is 621 g/mol. The molecule has 5 aromatic rings. The normalized spacial score (nSPS) is 19.0. The molecular formula is C36H37FN6OS. The van der Waals surface area contributed by atoms with Crippen molar-refractivity contribution < 1.29 is 9.18 Å². The molecule has 4 aromatic carbocycles. The lowest BCUT2D eigenvalue weighted by molar-refractivity contribution is -0.133. The van der Waals surface area contributed by atoms with Gasteiger partial charge < -0.3 is 9.80 Å². The molecule has 1 atom stereocenters. The predicted octanol–water partition coefficient (Wildman–Crippen LogP) is 5.71. The number of amides is 1. The first-order valence-corrected chi connectivity index (χ1v) is 15.6. The molecule has 1 spiro atoms. The molecule has 7 nitrogen and oxygen atoms in total. The molecule has 45 heavy (non-hydrogen) atoms. The Bertz CT molecular complexity index is 1810. The molecule has 0 N–H and O–H groups in total.